The van der Waals surface area contributed by atoms with Crippen molar-refractivity contribution >= 4 is 23.2 Å². The van der Waals surface area contributed by atoms with E-state index in [-0.39, 0.29) is 11.6 Å². The van der Waals surface area contributed by atoms with Gasteiger partial charge in [-0.05, 0) is 35.4 Å². The van der Waals surface area contributed by atoms with Crippen LogP contribution in [0, 0.1) is 5.82 Å². The van der Waals surface area contributed by atoms with Gasteiger partial charge >= 0.3 is 0 Å². The van der Waals surface area contributed by atoms with Crippen molar-refractivity contribution in [3.63, 3.8) is 0 Å². The third-order valence-corrected chi connectivity index (χ3v) is 3.48. The van der Waals surface area contributed by atoms with Crippen molar-refractivity contribution in [2.45, 2.75) is 13.2 Å². The number of halogens is 3. The summed E-state index contributed by atoms with van der Waals surface area (Å²) in [5.41, 5.74) is 7.05. The van der Waals surface area contributed by atoms with Crippen LogP contribution in [0.2, 0.25) is 10.0 Å². The number of methoxy groups -OCH3 is 1. The Labute approximate surface area is 132 Å². The van der Waals surface area contributed by atoms with E-state index in [1.807, 2.05) is 0 Å². The molecule has 2 rings (SSSR count). The van der Waals surface area contributed by atoms with Crippen LogP contribution < -0.4 is 15.2 Å². The zero-order valence-corrected chi connectivity index (χ0v) is 12.8. The van der Waals surface area contributed by atoms with Crippen molar-refractivity contribution in [1.82, 2.24) is 0 Å². The molecule has 0 saturated carbocycles. The topological polar surface area (TPSA) is 44.5 Å². The van der Waals surface area contributed by atoms with E-state index in [1.165, 1.54) is 19.2 Å². The summed E-state index contributed by atoms with van der Waals surface area (Å²) in [7, 11) is 1.51. The third-order valence-electron chi connectivity index (χ3n) is 2.89. The molecule has 0 spiro atoms. The highest BCUT2D eigenvalue weighted by Crippen LogP contribution is 2.37. The van der Waals surface area contributed by atoms with Crippen LogP contribution in [0.3, 0.4) is 0 Å². The van der Waals surface area contributed by atoms with Gasteiger partial charge in [0.1, 0.15) is 12.4 Å². The van der Waals surface area contributed by atoms with Crippen molar-refractivity contribution in [2.24, 2.45) is 5.73 Å². The minimum absolute atomic E-state index is 0.0710. The molecular weight excluding hydrogens is 316 g/mol. The van der Waals surface area contributed by atoms with Crippen LogP contribution in [0.1, 0.15) is 11.1 Å². The average Bonchev–Trinajstić information content (AvgIpc) is 2.48. The van der Waals surface area contributed by atoms with Crippen LogP contribution in [0.5, 0.6) is 11.5 Å². The van der Waals surface area contributed by atoms with Crippen molar-refractivity contribution in [1.29, 1.82) is 0 Å². The molecule has 3 nitrogen and oxygen atoms in total. The number of ether oxygens (including phenoxy) is 2. The summed E-state index contributed by atoms with van der Waals surface area (Å²) >= 11 is 11.8. The van der Waals surface area contributed by atoms with Gasteiger partial charge < -0.3 is 15.2 Å². The summed E-state index contributed by atoms with van der Waals surface area (Å²) in [5.74, 6) is 0.387. The Morgan fingerprint density at radius 1 is 1.10 bits per heavy atom. The van der Waals surface area contributed by atoms with Gasteiger partial charge in [0, 0.05) is 6.54 Å². The Morgan fingerprint density at radius 2 is 1.86 bits per heavy atom. The molecule has 0 saturated heterocycles. The predicted octanol–water partition coefficient (Wildman–Crippen LogP) is 4.18. The molecule has 0 aliphatic rings. The first-order valence-corrected chi connectivity index (χ1v) is 6.94. The fraction of sp³-hybridized carbons (Fsp3) is 0.200. The molecule has 0 atom stereocenters. The minimum atomic E-state index is -0.491. The fourth-order valence-electron chi connectivity index (χ4n) is 1.82. The van der Waals surface area contributed by atoms with Gasteiger partial charge in [-0.15, -0.1) is 0 Å². The average molecular weight is 330 g/mol. The Hall–Kier alpha value is -1.49. The second-order valence-corrected chi connectivity index (χ2v) is 5.16. The highest BCUT2D eigenvalue weighted by Gasteiger charge is 2.12. The van der Waals surface area contributed by atoms with Crippen LogP contribution >= 0.6 is 23.2 Å². The molecule has 2 N–H and O–H groups in total. The first-order chi connectivity index (χ1) is 10.0. The maximum absolute atomic E-state index is 13.4. The molecule has 2 aromatic carbocycles. The lowest BCUT2D eigenvalue weighted by atomic mass is 10.2. The van der Waals surface area contributed by atoms with Gasteiger partial charge in [0.15, 0.2) is 11.5 Å². The quantitative estimate of drug-likeness (QED) is 0.894. The summed E-state index contributed by atoms with van der Waals surface area (Å²) in [6.07, 6.45) is 0. The van der Waals surface area contributed by atoms with Crippen molar-refractivity contribution in [3.05, 3.63) is 57.3 Å². The van der Waals surface area contributed by atoms with E-state index in [0.717, 1.165) is 5.56 Å². The molecule has 0 heterocycles. The highest BCUT2D eigenvalue weighted by atomic mass is 35.5. The second-order valence-electron chi connectivity index (χ2n) is 4.35. The van der Waals surface area contributed by atoms with Gasteiger partial charge in [0.2, 0.25) is 0 Å². The highest BCUT2D eigenvalue weighted by molar-refractivity contribution is 6.32. The van der Waals surface area contributed by atoms with E-state index in [9.17, 15) is 4.39 Å². The lowest BCUT2D eigenvalue weighted by molar-refractivity contribution is 0.284. The fourth-order valence-corrected chi connectivity index (χ4v) is 2.22. The zero-order valence-electron chi connectivity index (χ0n) is 11.3. The summed E-state index contributed by atoms with van der Waals surface area (Å²) in [6, 6.07) is 7.94. The molecule has 6 heteroatoms. The monoisotopic (exact) mass is 329 g/mol. The van der Waals surface area contributed by atoms with Crippen LogP contribution in [0.25, 0.3) is 0 Å². The predicted molar refractivity (Wildman–Crippen MR) is 81.6 cm³/mol. The molecule has 0 radical (unpaired) electrons. The molecule has 0 aliphatic heterocycles. The molecule has 0 amide bonds. The largest absolute Gasteiger partial charge is 0.493 e. The Morgan fingerprint density at radius 3 is 2.48 bits per heavy atom. The first-order valence-electron chi connectivity index (χ1n) is 6.18. The van der Waals surface area contributed by atoms with Crippen molar-refractivity contribution in [2.75, 3.05) is 7.11 Å². The lowest BCUT2D eigenvalue weighted by Gasteiger charge is -2.14. The maximum Gasteiger partial charge on any atom is 0.180 e. The third kappa shape index (κ3) is 3.79. The molecule has 0 fully saturated rings. The van der Waals surface area contributed by atoms with Crippen LogP contribution in [-0.2, 0) is 13.2 Å². The standard InChI is InChI=1S/C15H14Cl2FNO2/c1-20-14-6-10(7-19)4-12(17)15(14)21-8-9-2-3-11(16)13(18)5-9/h2-6H,7-8,19H2,1H3. The van der Waals surface area contributed by atoms with Gasteiger partial charge in [-0.25, -0.2) is 4.39 Å². The molecule has 21 heavy (non-hydrogen) atoms. The molecule has 2 aromatic rings. The van der Waals surface area contributed by atoms with Crippen molar-refractivity contribution < 1.29 is 13.9 Å². The molecule has 112 valence electrons. The van der Waals surface area contributed by atoms with Gasteiger partial charge in [-0.3, -0.25) is 0 Å². The van der Waals surface area contributed by atoms with Gasteiger partial charge in [-0.1, -0.05) is 29.3 Å². The van der Waals surface area contributed by atoms with Gasteiger partial charge in [0.05, 0.1) is 17.2 Å². The SMILES string of the molecule is COc1cc(CN)cc(Cl)c1OCc1ccc(Cl)c(F)c1. The summed E-state index contributed by atoms with van der Waals surface area (Å²) < 4.78 is 24.2. The van der Waals surface area contributed by atoms with E-state index in [0.29, 0.717) is 28.6 Å². The Balaban J connectivity index is 2.21. The van der Waals surface area contributed by atoms with E-state index in [4.69, 9.17) is 38.4 Å². The lowest BCUT2D eigenvalue weighted by Crippen LogP contribution is -2.02. The van der Waals surface area contributed by atoms with Gasteiger partial charge in [0.25, 0.3) is 0 Å². The van der Waals surface area contributed by atoms with E-state index < -0.39 is 5.82 Å². The molecule has 0 aromatic heterocycles. The van der Waals surface area contributed by atoms with E-state index in [2.05, 4.69) is 0 Å². The molecule has 0 bridgehead atoms. The second kappa shape index (κ2) is 6.98. The molecule has 0 unspecified atom stereocenters. The van der Waals surface area contributed by atoms with Crippen molar-refractivity contribution in [3.8, 4) is 11.5 Å². The number of benzene rings is 2. The number of rotatable bonds is 5. The Kier molecular flexibility index (Phi) is 5.28. The number of hydrogen-bond acceptors (Lipinski definition) is 3. The maximum atomic E-state index is 13.4. The minimum Gasteiger partial charge on any atom is -0.493 e. The number of hydrogen-bond donors (Lipinski definition) is 1. The van der Waals surface area contributed by atoms with Crippen LogP contribution in [-0.4, -0.2) is 7.11 Å². The van der Waals surface area contributed by atoms with E-state index in [1.54, 1.807) is 18.2 Å². The summed E-state index contributed by atoms with van der Waals surface area (Å²) in [5, 5.41) is 0.464. The summed E-state index contributed by atoms with van der Waals surface area (Å²) in [4.78, 5) is 0. The Bertz CT molecular complexity index is 650. The zero-order chi connectivity index (χ0) is 15.4. The van der Waals surface area contributed by atoms with Crippen LogP contribution in [0.15, 0.2) is 30.3 Å². The van der Waals surface area contributed by atoms with Crippen LogP contribution in [0.4, 0.5) is 4.39 Å². The normalized spacial score (nSPS) is 10.5. The smallest absolute Gasteiger partial charge is 0.180 e. The molecular formula is C15H14Cl2FNO2. The summed E-state index contributed by atoms with van der Waals surface area (Å²) in [6.45, 7) is 0.491. The van der Waals surface area contributed by atoms with E-state index >= 15 is 0 Å². The first kappa shape index (κ1) is 15.9. The number of nitrogens with two attached hydrogens (primary N) is 1. The van der Waals surface area contributed by atoms with Gasteiger partial charge in [-0.2, -0.15) is 0 Å². The molecule has 0 aliphatic carbocycles.